The van der Waals surface area contributed by atoms with Gasteiger partial charge in [-0.15, -0.1) is 0 Å². The van der Waals surface area contributed by atoms with Crippen molar-refractivity contribution in [1.82, 2.24) is 0 Å². The molecule has 7 heteroatoms. The molecule has 6 nitrogen and oxygen atoms in total. The molecule has 0 fully saturated rings. The van der Waals surface area contributed by atoms with Gasteiger partial charge in [0.25, 0.3) is 0 Å². The molecular weight excluding hydrogens is 340 g/mol. The first-order valence-electron chi connectivity index (χ1n) is 8.71. The Labute approximate surface area is 152 Å². The van der Waals surface area contributed by atoms with Crippen LogP contribution in [0.25, 0.3) is 0 Å². The van der Waals surface area contributed by atoms with Crippen LogP contribution in [0.5, 0.6) is 0 Å². The fourth-order valence-electron chi connectivity index (χ4n) is 2.24. The van der Waals surface area contributed by atoms with Crippen molar-refractivity contribution in [3.8, 4) is 0 Å². The van der Waals surface area contributed by atoms with Crippen LogP contribution in [0.3, 0.4) is 0 Å². The molecule has 0 N–H and O–H groups in total. The Balaban J connectivity index is 4.50. The molecule has 0 heterocycles. The maximum absolute atomic E-state index is 11.4. The van der Waals surface area contributed by atoms with Gasteiger partial charge in [-0.2, -0.15) is 0 Å². The third kappa shape index (κ3) is 10.2. The molecule has 0 aliphatic rings. The first-order chi connectivity index (χ1) is 11.8. The SMILES string of the molecule is C=C(C)C(=O)OCCC[Si](CCCOC(=O)C(=C)C)(OCC)OCC. The summed E-state index contributed by atoms with van der Waals surface area (Å²) in [5, 5.41) is 0. The Kier molecular flexibility index (Phi) is 12.1. The van der Waals surface area contributed by atoms with Crippen molar-refractivity contribution in [3.05, 3.63) is 24.3 Å². The van der Waals surface area contributed by atoms with Crippen LogP contribution in [0.2, 0.25) is 12.1 Å². The highest BCUT2D eigenvalue weighted by Gasteiger charge is 2.36. The summed E-state index contributed by atoms with van der Waals surface area (Å²) in [5.41, 5.74) is 0.773. The molecule has 0 aromatic rings. The summed E-state index contributed by atoms with van der Waals surface area (Å²) in [5.74, 6) is -0.765. The summed E-state index contributed by atoms with van der Waals surface area (Å²) < 4.78 is 22.2. The predicted molar refractivity (Wildman–Crippen MR) is 99.4 cm³/mol. The maximum Gasteiger partial charge on any atom is 0.338 e. The Bertz CT molecular complexity index is 418. The summed E-state index contributed by atoms with van der Waals surface area (Å²) in [4.78, 5) is 22.8. The molecule has 0 amide bonds. The molecule has 25 heavy (non-hydrogen) atoms. The van der Waals surface area contributed by atoms with Gasteiger partial charge >= 0.3 is 20.5 Å². The largest absolute Gasteiger partial charge is 0.462 e. The minimum atomic E-state index is -2.42. The van der Waals surface area contributed by atoms with E-state index in [0.29, 0.717) is 62.5 Å². The molecule has 0 unspecified atom stereocenters. The standard InChI is InChI=1S/C18H32O6Si/c1-7-23-25(24-8-2,13-9-11-21-17(19)15(3)4)14-10-12-22-18(20)16(5)6/h3,5,7-14H2,1-2,4,6H3. The van der Waals surface area contributed by atoms with E-state index in [0.717, 1.165) is 0 Å². The third-order valence-corrected chi connectivity index (χ3v) is 7.24. The third-order valence-electron chi connectivity index (χ3n) is 3.38. The van der Waals surface area contributed by atoms with Crippen molar-refractivity contribution in [2.75, 3.05) is 26.4 Å². The smallest absolute Gasteiger partial charge is 0.338 e. The average molecular weight is 373 g/mol. The fourth-order valence-corrected chi connectivity index (χ4v) is 5.57. The lowest BCUT2D eigenvalue weighted by atomic mass is 10.4. The van der Waals surface area contributed by atoms with Crippen molar-refractivity contribution < 1.29 is 27.9 Å². The number of ether oxygens (including phenoxy) is 2. The van der Waals surface area contributed by atoms with Crippen LogP contribution < -0.4 is 0 Å². The normalized spacial score (nSPS) is 11.0. The maximum atomic E-state index is 11.4. The number of esters is 2. The molecule has 0 aliphatic heterocycles. The van der Waals surface area contributed by atoms with Crippen molar-refractivity contribution in [2.45, 2.75) is 52.6 Å². The van der Waals surface area contributed by atoms with E-state index in [-0.39, 0.29) is 11.9 Å². The molecule has 0 aromatic carbocycles. The van der Waals surface area contributed by atoms with Crippen molar-refractivity contribution in [1.29, 1.82) is 0 Å². The molecular formula is C18H32O6Si. The molecule has 0 atom stereocenters. The van der Waals surface area contributed by atoms with Crippen molar-refractivity contribution in [3.63, 3.8) is 0 Å². The molecule has 0 bridgehead atoms. The van der Waals surface area contributed by atoms with E-state index < -0.39 is 8.56 Å². The summed E-state index contributed by atoms with van der Waals surface area (Å²) in [6.45, 7) is 16.0. The van der Waals surface area contributed by atoms with Gasteiger partial charge in [-0.25, -0.2) is 9.59 Å². The van der Waals surface area contributed by atoms with E-state index in [1.165, 1.54) is 0 Å². The topological polar surface area (TPSA) is 71.1 Å². The lowest BCUT2D eigenvalue weighted by molar-refractivity contribution is -0.139. The van der Waals surface area contributed by atoms with E-state index in [1.807, 2.05) is 13.8 Å². The highest BCUT2D eigenvalue weighted by atomic mass is 28.4. The summed E-state index contributed by atoms with van der Waals surface area (Å²) in [7, 11) is -2.42. The number of rotatable bonds is 14. The molecule has 0 spiro atoms. The predicted octanol–water partition coefficient (Wildman–Crippen LogP) is 3.52. The van der Waals surface area contributed by atoms with Crippen LogP contribution in [-0.2, 0) is 27.9 Å². The second-order valence-corrected chi connectivity index (χ2v) is 9.22. The van der Waals surface area contributed by atoms with E-state index >= 15 is 0 Å². The Morgan fingerprint density at radius 2 is 1.16 bits per heavy atom. The van der Waals surface area contributed by atoms with Gasteiger partial charge in [-0.1, -0.05) is 13.2 Å². The first kappa shape index (κ1) is 23.6. The summed E-state index contributed by atoms with van der Waals surface area (Å²) in [6, 6.07) is 1.43. The molecule has 0 radical (unpaired) electrons. The Morgan fingerprint density at radius 1 is 0.800 bits per heavy atom. The minimum Gasteiger partial charge on any atom is -0.462 e. The van der Waals surface area contributed by atoms with Crippen LogP contribution in [0.4, 0.5) is 0 Å². The highest BCUT2D eigenvalue weighted by Crippen LogP contribution is 2.23. The lowest BCUT2D eigenvalue weighted by Gasteiger charge is -2.30. The quantitative estimate of drug-likeness (QED) is 0.201. The second-order valence-electron chi connectivity index (χ2n) is 5.82. The highest BCUT2D eigenvalue weighted by molar-refractivity contribution is 6.67. The van der Waals surface area contributed by atoms with Gasteiger partial charge in [0, 0.05) is 24.4 Å². The van der Waals surface area contributed by atoms with E-state index in [4.69, 9.17) is 18.3 Å². The minimum absolute atomic E-state index is 0.311. The molecule has 144 valence electrons. The monoisotopic (exact) mass is 372 g/mol. The van der Waals surface area contributed by atoms with Crippen molar-refractivity contribution in [2.24, 2.45) is 0 Å². The first-order valence-corrected chi connectivity index (χ1v) is 10.9. The van der Waals surface area contributed by atoms with E-state index in [1.54, 1.807) is 13.8 Å². The van der Waals surface area contributed by atoms with Gasteiger partial charge in [0.05, 0.1) is 13.2 Å². The van der Waals surface area contributed by atoms with E-state index in [9.17, 15) is 9.59 Å². The van der Waals surface area contributed by atoms with Gasteiger partial charge < -0.3 is 18.3 Å². The van der Waals surface area contributed by atoms with Crippen LogP contribution >= 0.6 is 0 Å². The zero-order valence-corrected chi connectivity index (χ0v) is 17.0. The molecule has 0 rings (SSSR count). The molecule has 0 aliphatic carbocycles. The Hall–Kier alpha value is -1.44. The zero-order valence-electron chi connectivity index (χ0n) is 16.0. The lowest BCUT2D eigenvalue weighted by Crippen LogP contribution is -2.42. The number of carbonyl (C=O) groups is 2. The zero-order chi connectivity index (χ0) is 19.3. The van der Waals surface area contributed by atoms with Gasteiger partial charge in [0.2, 0.25) is 0 Å². The van der Waals surface area contributed by atoms with Crippen LogP contribution in [0, 0.1) is 0 Å². The molecule has 0 aromatic heterocycles. The number of hydrogen-bond acceptors (Lipinski definition) is 6. The van der Waals surface area contributed by atoms with Crippen LogP contribution in [-0.4, -0.2) is 46.9 Å². The summed E-state index contributed by atoms with van der Waals surface area (Å²) in [6.07, 6.45) is 1.33. The van der Waals surface area contributed by atoms with Gasteiger partial charge in [-0.3, -0.25) is 0 Å². The number of hydrogen-bond donors (Lipinski definition) is 0. The second kappa shape index (κ2) is 12.9. The van der Waals surface area contributed by atoms with Gasteiger partial charge in [-0.05, 0) is 52.6 Å². The fraction of sp³-hybridized carbons (Fsp3) is 0.667. The average Bonchev–Trinajstić information content (AvgIpc) is 2.55. The summed E-state index contributed by atoms with van der Waals surface area (Å²) >= 11 is 0. The van der Waals surface area contributed by atoms with Crippen molar-refractivity contribution >= 4 is 20.5 Å². The molecule has 0 saturated heterocycles. The van der Waals surface area contributed by atoms with Crippen LogP contribution in [0.1, 0.15) is 40.5 Å². The Morgan fingerprint density at radius 3 is 1.44 bits per heavy atom. The van der Waals surface area contributed by atoms with Gasteiger partial charge in [0.1, 0.15) is 0 Å². The van der Waals surface area contributed by atoms with E-state index in [2.05, 4.69) is 13.2 Å². The number of carbonyl (C=O) groups excluding carboxylic acids is 2. The molecule has 0 saturated carbocycles. The van der Waals surface area contributed by atoms with Crippen LogP contribution in [0.15, 0.2) is 24.3 Å². The van der Waals surface area contributed by atoms with Gasteiger partial charge in [0.15, 0.2) is 0 Å².